The highest BCUT2D eigenvalue weighted by molar-refractivity contribution is 7.99. The van der Waals surface area contributed by atoms with Crippen LogP contribution >= 0.6 is 19.4 Å². The lowest BCUT2D eigenvalue weighted by atomic mass is 10.2. The van der Waals surface area contributed by atoms with Crippen molar-refractivity contribution in [2.75, 3.05) is 0 Å². The van der Waals surface area contributed by atoms with Crippen LogP contribution in [-0.2, 0) is 4.57 Å². The van der Waals surface area contributed by atoms with Crippen LogP contribution in [0.2, 0.25) is 0 Å². The summed E-state index contributed by atoms with van der Waals surface area (Å²) in [5.41, 5.74) is -0.517. The topological polar surface area (TPSA) is 121 Å². The molecule has 2 aromatic carbocycles. The van der Waals surface area contributed by atoms with Crippen LogP contribution in [0, 0.1) is 10.1 Å². The number of non-ortho nitro benzene ring substituents is 1. The summed E-state index contributed by atoms with van der Waals surface area (Å²) in [6, 6.07) is 12.5. The molecule has 116 valence electrons. The lowest BCUT2D eigenvalue weighted by Gasteiger charge is -2.16. The minimum Gasteiger partial charge on any atom is -0.376 e. The van der Waals surface area contributed by atoms with E-state index in [9.17, 15) is 19.8 Å². The molecule has 0 fully saturated rings. The lowest BCUT2D eigenvalue weighted by molar-refractivity contribution is -0.385. The van der Waals surface area contributed by atoms with Gasteiger partial charge in [0.2, 0.25) is 0 Å². The van der Waals surface area contributed by atoms with Crippen molar-refractivity contribution >= 4 is 25.0 Å². The maximum atomic E-state index is 11.3. The average Bonchev–Trinajstić information content (AvgIpc) is 2.47. The summed E-state index contributed by atoms with van der Waals surface area (Å²) in [5, 5.41) is 20.6. The van der Waals surface area contributed by atoms with Gasteiger partial charge in [-0.05, 0) is 18.2 Å². The Hall–Kier alpha value is -1.70. The third-order valence-corrected chi connectivity index (χ3v) is 4.79. The summed E-state index contributed by atoms with van der Waals surface area (Å²) in [6.45, 7) is 0. The van der Waals surface area contributed by atoms with Gasteiger partial charge in [0.1, 0.15) is 0 Å². The zero-order valence-corrected chi connectivity index (χ0v) is 12.8. The Morgan fingerprint density at radius 2 is 1.77 bits per heavy atom. The Balaban J connectivity index is 2.48. The first-order chi connectivity index (χ1) is 10.3. The Kier molecular flexibility index (Phi) is 5.00. The van der Waals surface area contributed by atoms with E-state index in [2.05, 4.69) is 0 Å². The lowest BCUT2D eigenvalue weighted by Crippen LogP contribution is -2.02. The Morgan fingerprint density at radius 1 is 1.14 bits per heavy atom. The minimum absolute atomic E-state index is 0.170. The van der Waals surface area contributed by atoms with Gasteiger partial charge in [0.15, 0.2) is 5.85 Å². The van der Waals surface area contributed by atoms with Gasteiger partial charge in [0.05, 0.1) is 4.92 Å². The van der Waals surface area contributed by atoms with Crippen molar-refractivity contribution in [2.45, 2.75) is 15.6 Å². The van der Waals surface area contributed by atoms with E-state index in [0.29, 0.717) is 4.90 Å². The third-order valence-electron chi connectivity index (χ3n) is 2.77. The molecule has 0 radical (unpaired) electrons. The second-order valence-corrected chi connectivity index (χ2v) is 7.14. The molecule has 0 aromatic heterocycles. The number of nitro groups is 1. The van der Waals surface area contributed by atoms with Crippen LogP contribution in [0.3, 0.4) is 0 Å². The Bertz CT molecular complexity index is 733. The Labute approximate surface area is 129 Å². The van der Waals surface area contributed by atoms with Crippen molar-refractivity contribution in [3.8, 4) is 0 Å². The molecule has 0 amide bonds. The number of hydrogen-bond donors (Lipinski definition) is 3. The van der Waals surface area contributed by atoms with Crippen molar-refractivity contribution in [2.24, 2.45) is 0 Å². The summed E-state index contributed by atoms with van der Waals surface area (Å²) < 4.78 is 11.3. The van der Waals surface area contributed by atoms with Gasteiger partial charge in [-0.2, -0.15) is 0 Å². The van der Waals surface area contributed by atoms with Crippen LogP contribution < -0.4 is 0 Å². The largest absolute Gasteiger partial charge is 0.376 e. The first kappa shape index (κ1) is 16.7. The van der Waals surface area contributed by atoms with E-state index in [1.165, 1.54) is 12.1 Å². The highest BCUT2D eigenvalue weighted by Gasteiger charge is 2.31. The molecule has 3 N–H and O–H groups in total. The fourth-order valence-corrected chi connectivity index (χ4v) is 3.38. The molecule has 1 atom stereocenters. The van der Waals surface area contributed by atoms with Gasteiger partial charge in [-0.25, -0.2) is 0 Å². The van der Waals surface area contributed by atoms with Gasteiger partial charge in [-0.3, -0.25) is 14.7 Å². The van der Waals surface area contributed by atoms with Crippen LogP contribution in [-0.4, -0.2) is 19.8 Å². The van der Waals surface area contributed by atoms with E-state index in [-0.39, 0.29) is 11.3 Å². The van der Waals surface area contributed by atoms with Gasteiger partial charge in [0.25, 0.3) is 5.69 Å². The molecule has 0 aliphatic heterocycles. The molecule has 0 spiro atoms. The highest BCUT2D eigenvalue weighted by Crippen LogP contribution is 2.52. The summed E-state index contributed by atoms with van der Waals surface area (Å²) in [5.74, 6) is -2.11. The molecule has 1 unspecified atom stereocenters. The molecule has 2 rings (SSSR count). The number of benzene rings is 2. The van der Waals surface area contributed by atoms with Crippen molar-refractivity contribution < 1.29 is 24.4 Å². The SMILES string of the molecule is O=[N+]([O-])c1ccc(Sc2ccccc2)c(C(O)P(=O)(O)O)c1. The molecule has 0 saturated heterocycles. The van der Waals surface area contributed by atoms with Crippen LogP contribution in [0.25, 0.3) is 0 Å². The summed E-state index contributed by atoms with van der Waals surface area (Å²) in [7, 11) is -4.84. The Morgan fingerprint density at radius 3 is 2.32 bits per heavy atom. The van der Waals surface area contributed by atoms with Gasteiger partial charge in [-0.15, -0.1) is 0 Å². The van der Waals surface area contributed by atoms with Gasteiger partial charge in [0, 0.05) is 27.5 Å². The fourth-order valence-electron chi connectivity index (χ4n) is 1.74. The molecule has 0 saturated carbocycles. The highest BCUT2D eigenvalue weighted by atomic mass is 32.2. The van der Waals surface area contributed by atoms with Crippen LogP contribution in [0.5, 0.6) is 0 Å². The number of aliphatic hydroxyl groups is 1. The quantitative estimate of drug-likeness (QED) is 0.434. The number of hydrogen-bond acceptors (Lipinski definition) is 5. The molecular weight excluding hydrogens is 329 g/mol. The summed E-state index contributed by atoms with van der Waals surface area (Å²) >= 11 is 1.15. The standard InChI is InChI=1S/C13H12NO6PS/c15-13(21(18,19)20)11-8-9(14(16)17)6-7-12(11)22-10-4-2-1-3-5-10/h1-8,13,15H,(H2,18,19,20). The summed E-state index contributed by atoms with van der Waals surface area (Å²) in [4.78, 5) is 29.5. The van der Waals surface area contributed by atoms with E-state index in [1.807, 2.05) is 6.07 Å². The second kappa shape index (κ2) is 6.60. The van der Waals surface area contributed by atoms with E-state index in [4.69, 9.17) is 9.79 Å². The summed E-state index contributed by atoms with van der Waals surface area (Å²) in [6.07, 6.45) is 0. The first-order valence-corrected chi connectivity index (χ1v) is 8.53. The molecule has 2 aromatic rings. The molecule has 9 heteroatoms. The van der Waals surface area contributed by atoms with Gasteiger partial charge in [-0.1, -0.05) is 30.0 Å². The van der Waals surface area contributed by atoms with E-state index >= 15 is 0 Å². The first-order valence-electron chi connectivity index (χ1n) is 6.03. The molecule has 0 heterocycles. The predicted molar refractivity (Wildman–Crippen MR) is 80.7 cm³/mol. The van der Waals surface area contributed by atoms with Crippen molar-refractivity contribution in [1.82, 2.24) is 0 Å². The number of nitro benzene ring substituents is 1. The number of rotatable bonds is 5. The van der Waals surface area contributed by atoms with Crippen LogP contribution in [0.4, 0.5) is 5.69 Å². The van der Waals surface area contributed by atoms with Crippen molar-refractivity contribution in [3.05, 3.63) is 64.2 Å². The molecule has 7 nitrogen and oxygen atoms in total. The zero-order valence-electron chi connectivity index (χ0n) is 11.1. The average molecular weight is 341 g/mol. The van der Waals surface area contributed by atoms with Gasteiger partial charge >= 0.3 is 7.60 Å². The van der Waals surface area contributed by atoms with Crippen molar-refractivity contribution in [3.63, 3.8) is 0 Å². The van der Waals surface area contributed by atoms with E-state index in [1.54, 1.807) is 24.3 Å². The molecule has 0 aliphatic carbocycles. The predicted octanol–water partition coefficient (Wildman–Crippen LogP) is 2.91. The molecule has 22 heavy (non-hydrogen) atoms. The molecular formula is C13H12NO6PS. The molecule has 0 aliphatic rings. The minimum atomic E-state index is -4.84. The smallest absolute Gasteiger partial charge is 0.358 e. The number of nitrogens with zero attached hydrogens (tertiary/aromatic N) is 1. The second-order valence-electron chi connectivity index (χ2n) is 4.36. The van der Waals surface area contributed by atoms with Gasteiger partial charge < -0.3 is 14.9 Å². The fraction of sp³-hybridized carbons (Fsp3) is 0.0769. The zero-order chi connectivity index (χ0) is 16.3. The van der Waals surface area contributed by atoms with E-state index < -0.39 is 18.4 Å². The molecule has 0 bridgehead atoms. The maximum absolute atomic E-state index is 11.3. The third kappa shape index (κ3) is 3.94. The van der Waals surface area contributed by atoms with Crippen LogP contribution in [0.1, 0.15) is 11.4 Å². The number of aliphatic hydroxyl groups excluding tert-OH is 1. The maximum Gasteiger partial charge on any atom is 0.358 e. The van der Waals surface area contributed by atoms with Crippen LogP contribution in [0.15, 0.2) is 58.3 Å². The normalized spacial score (nSPS) is 12.9. The van der Waals surface area contributed by atoms with Crippen molar-refractivity contribution in [1.29, 1.82) is 0 Å². The monoisotopic (exact) mass is 341 g/mol. The van der Waals surface area contributed by atoms with E-state index in [0.717, 1.165) is 22.7 Å².